The lowest BCUT2D eigenvalue weighted by atomic mass is 10.1. The fourth-order valence-corrected chi connectivity index (χ4v) is 4.18. The van der Waals surface area contributed by atoms with Crippen LogP contribution in [0, 0.1) is 0 Å². The van der Waals surface area contributed by atoms with E-state index in [4.69, 9.17) is 14.6 Å². The summed E-state index contributed by atoms with van der Waals surface area (Å²) in [6.07, 6.45) is 22.5. The highest BCUT2D eigenvalue weighted by atomic mass is 16.6. The van der Waals surface area contributed by atoms with Gasteiger partial charge in [-0.2, -0.15) is 0 Å². The van der Waals surface area contributed by atoms with Crippen LogP contribution >= 0.6 is 0 Å². The molecule has 0 aromatic rings. The average Bonchev–Trinajstić information content (AvgIpc) is 3.15. The number of allylic oxidation sites excluding steroid dienone is 2. The summed E-state index contributed by atoms with van der Waals surface area (Å²) in [6, 6.07) is 0. The minimum atomic E-state index is -1.00. The molecule has 0 unspecified atom stereocenters. The van der Waals surface area contributed by atoms with Crippen molar-refractivity contribution in [2.24, 2.45) is 0 Å². The first-order valence-corrected chi connectivity index (χ1v) is 13.1. The van der Waals surface area contributed by atoms with Crippen molar-refractivity contribution in [1.29, 1.82) is 0 Å². The van der Waals surface area contributed by atoms with Crippen molar-refractivity contribution < 1.29 is 24.8 Å². The molecule has 1 rings (SSSR count). The molecule has 5 nitrogen and oxygen atoms in total. The van der Waals surface area contributed by atoms with Gasteiger partial charge in [0.25, 0.3) is 0 Å². The van der Waals surface area contributed by atoms with E-state index in [1.54, 1.807) is 0 Å². The molecule has 0 spiro atoms. The van der Waals surface area contributed by atoms with Crippen LogP contribution in [-0.4, -0.2) is 59.6 Å². The Bertz CT molecular complexity index is 415. The molecule has 0 saturated carbocycles. The molecule has 1 aliphatic heterocycles. The number of aliphatic hydroxyl groups is 3. The van der Waals surface area contributed by atoms with E-state index in [2.05, 4.69) is 19.1 Å². The Morgan fingerprint density at radius 1 is 0.839 bits per heavy atom. The van der Waals surface area contributed by atoms with Gasteiger partial charge in [-0.3, -0.25) is 0 Å². The summed E-state index contributed by atoms with van der Waals surface area (Å²) >= 11 is 0. The molecule has 4 atom stereocenters. The summed E-state index contributed by atoms with van der Waals surface area (Å²) in [5, 5.41) is 28.7. The van der Waals surface area contributed by atoms with E-state index in [0.29, 0.717) is 6.61 Å². The number of hydrogen-bond acceptors (Lipinski definition) is 5. The Morgan fingerprint density at radius 2 is 1.35 bits per heavy atom. The van der Waals surface area contributed by atoms with Crippen molar-refractivity contribution >= 4 is 0 Å². The van der Waals surface area contributed by atoms with E-state index in [-0.39, 0.29) is 13.2 Å². The lowest BCUT2D eigenvalue weighted by Crippen LogP contribution is -2.42. The molecule has 1 heterocycles. The van der Waals surface area contributed by atoms with Crippen LogP contribution in [0.15, 0.2) is 12.2 Å². The summed E-state index contributed by atoms with van der Waals surface area (Å²) in [7, 11) is 0. The van der Waals surface area contributed by atoms with Crippen molar-refractivity contribution in [3.8, 4) is 0 Å². The number of unbranched alkanes of at least 4 members (excludes halogenated alkanes) is 14. The van der Waals surface area contributed by atoms with E-state index < -0.39 is 24.4 Å². The molecule has 31 heavy (non-hydrogen) atoms. The molecule has 3 N–H and O–H groups in total. The van der Waals surface area contributed by atoms with Gasteiger partial charge in [0, 0.05) is 6.61 Å². The number of hydrogen-bond donors (Lipinski definition) is 3. The molecular weight excluding hydrogens is 392 g/mol. The Hall–Kier alpha value is -0.460. The van der Waals surface area contributed by atoms with Gasteiger partial charge >= 0.3 is 0 Å². The van der Waals surface area contributed by atoms with Crippen molar-refractivity contribution in [2.45, 2.75) is 134 Å². The smallest absolute Gasteiger partial charge is 0.114 e. The SMILES string of the molecule is CCCCCCC/C=C/CCCCCCCCCCCO[C@H]1[C@@H]([C@H](O)CO)OC[C@@H]1O. The first-order chi connectivity index (χ1) is 15.2. The van der Waals surface area contributed by atoms with Crippen LogP contribution in [0.4, 0.5) is 0 Å². The van der Waals surface area contributed by atoms with Crippen LogP contribution in [0.5, 0.6) is 0 Å². The van der Waals surface area contributed by atoms with E-state index in [1.807, 2.05) is 0 Å². The molecule has 0 aliphatic carbocycles. The molecule has 1 saturated heterocycles. The van der Waals surface area contributed by atoms with Gasteiger partial charge in [0.1, 0.15) is 24.4 Å². The monoisotopic (exact) mass is 442 g/mol. The van der Waals surface area contributed by atoms with Crippen molar-refractivity contribution in [2.75, 3.05) is 19.8 Å². The summed E-state index contributed by atoms with van der Waals surface area (Å²) in [4.78, 5) is 0. The zero-order valence-corrected chi connectivity index (χ0v) is 20.1. The van der Waals surface area contributed by atoms with Gasteiger partial charge in [0.15, 0.2) is 0 Å². The van der Waals surface area contributed by atoms with E-state index in [0.717, 1.165) is 12.8 Å². The summed E-state index contributed by atoms with van der Waals surface area (Å²) in [5.74, 6) is 0. The normalized spacial score (nSPS) is 22.5. The predicted octanol–water partition coefficient (Wildman–Crippen LogP) is 5.30. The van der Waals surface area contributed by atoms with E-state index >= 15 is 0 Å². The molecule has 5 heteroatoms. The molecule has 0 radical (unpaired) electrons. The van der Waals surface area contributed by atoms with Gasteiger partial charge in [0.05, 0.1) is 13.2 Å². The zero-order chi connectivity index (χ0) is 22.6. The molecular formula is C26H50O5. The fraction of sp³-hybridized carbons (Fsp3) is 0.923. The Morgan fingerprint density at radius 3 is 1.90 bits per heavy atom. The Balaban J connectivity index is 1.83. The van der Waals surface area contributed by atoms with Crippen LogP contribution in [0.2, 0.25) is 0 Å². The maximum absolute atomic E-state index is 9.91. The largest absolute Gasteiger partial charge is 0.394 e. The van der Waals surface area contributed by atoms with Crippen molar-refractivity contribution in [3.05, 3.63) is 12.2 Å². The third-order valence-corrected chi connectivity index (χ3v) is 6.20. The first-order valence-electron chi connectivity index (χ1n) is 13.1. The first kappa shape index (κ1) is 28.6. The van der Waals surface area contributed by atoms with Gasteiger partial charge in [-0.1, -0.05) is 89.7 Å². The summed E-state index contributed by atoms with van der Waals surface area (Å²) in [6.45, 7) is 2.60. The molecule has 0 bridgehead atoms. The van der Waals surface area contributed by atoms with Crippen molar-refractivity contribution in [1.82, 2.24) is 0 Å². The molecule has 0 amide bonds. The van der Waals surface area contributed by atoms with Crippen LogP contribution in [0.1, 0.15) is 110 Å². The third kappa shape index (κ3) is 14.3. The van der Waals surface area contributed by atoms with Crippen LogP contribution < -0.4 is 0 Å². The van der Waals surface area contributed by atoms with Crippen LogP contribution in [-0.2, 0) is 9.47 Å². The number of rotatable bonds is 21. The summed E-state index contributed by atoms with van der Waals surface area (Å²) < 4.78 is 11.1. The highest BCUT2D eigenvalue weighted by Crippen LogP contribution is 2.21. The quantitative estimate of drug-likeness (QED) is 0.166. The maximum atomic E-state index is 9.91. The third-order valence-electron chi connectivity index (χ3n) is 6.20. The second kappa shape index (κ2) is 20.2. The maximum Gasteiger partial charge on any atom is 0.114 e. The van der Waals surface area contributed by atoms with Crippen LogP contribution in [0.25, 0.3) is 0 Å². The minimum Gasteiger partial charge on any atom is -0.394 e. The standard InChI is InChI=1S/C26H50O5/c1-2-3-4-5-6-7-8-9-10-11-12-13-14-15-16-17-18-19-20-30-26-24(29)22-31-25(26)23(28)21-27/h8-9,23-29H,2-7,10-22H2,1H3/b9-8+/t23-,24+,25-,26-/m1/s1. The van der Waals surface area contributed by atoms with Gasteiger partial charge in [0.2, 0.25) is 0 Å². The number of ether oxygens (including phenoxy) is 2. The zero-order valence-electron chi connectivity index (χ0n) is 20.1. The molecule has 0 aromatic heterocycles. The predicted molar refractivity (Wildman–Crippen MR) is 127 cm³/mol. The Kier molecular flexibility index (Phi) is 18.6. The Labute approximate surface area is 191 Å². The van der Waals surface area contributed by atoms with E-state index in [1.165, 1.54) is 89.9 Å². The second-order valence-electron chi connectivity index (χ2n) is 9.10. The fourth-order valence-electron chi connectivity index (χ4n) is 4.18. The van der Waals surface area contributed by atoms with Gasteiger partial charge in [-0.15, -0.1) is 0 Å². The van der Waals surface area contributed by atoms with Gasteiger partial charge in [-0.25, -0.2) is 0 Å². The van der Waals surface area contributed by atoms with Crippen LogP contribution in [0.3, 0.4) is 0 Å². The lowest BCUT2D eigenvalue weighted by Gasteiger charge is -2.23. The summed E-state index contributed by atoms with van der Waals surface area (Å²) in [5.41, 5.74) is 0. The second-order valence-corrected chi connectivity index (χ2v) is 9.10. The molecule has 1 fully saturated rings. The highest BCUT2D eigenvalue weighted by molar-refractivity contribution is 4.89. The minimum absolute atomic E-state index is 0.155. The molecule has 184 valence electrons. The average molecular weight is 443 g/mol. The topological polar surface area (TPSA) is 79.2 Å². The molecule has 0 aromatic carbocycles. The molecule has 1 aliphatic rings. The van der Waals surface area contributed by atoms with Gasteiger partial charge in [-0.05, 0) is 32.1 Å². The van der Waals surface area contributed by atoms with Gasteiger partial charge < -0.3 is 24.8 Å². The number of aliphatic hydroxyl groups excluding tert-OH is 3. The van der Waals surface area contributed by atoms with E-state index in [9.17, 15) is 10.2 Å². The lowest BCUT2D eigenvalue weighted by molar-refractivity contribution is -0.0938. The van der Waals surface area contributed by atoms with Crippen molar-refractivity contribution in [3.63, 3.8) is 0 Å². The highest BCUT2D eigenvalue weighted by Gasteiger charge is 2.40.